The Kier molecular flexibility index (Phi) is 2.73. The summed E-state index contributed by atoms with van der Waals surface area (Å²) in [4.78, 5) is 11.4. The summed E-state index contributed by atoms with van der Waals surface area (Å²) in [6.45, 7) is 0. The van der Waals surface area contributed by atoms with Gasteiger partial charge in [0.1, 0.15) is 5.82 Å². The topological polar surface area (TPSA) is 85.8 Å². The van der Waals surface area contributed by atoms with Crippen LogP contribution >= 0.6 is 0 Å². The van der Waals surface area contributed by atoms with Crippen LogP contribution in [0.15, 0.2) is 24.3 Å². The molecule has 0 fully saturated rings. The van der Waals surface area contributed by atoms with Crippen LogP contribution in [0, 0.1) is 5.82 Å². The number of benzene rings is 1. The summed E-state index contributed by atoms with van der Waals surface area (Å²) in [5, 5.41) is 9.81. The van der Waals surface area contributed by atoms with Gasteiger partial charge in [0.05, 0.1) is 5.69 Å². The molecule has 2 aromatic rings. The second-order valence-electron chi connectivity index (χ2n) is 3.29. The molecule has 1 aromatic heterocycles. The summed E-state index contributed by atoms with van der Waals surface area (Å²) in [7, 11) is 1.47. The second kappa shape index (κ2) is 4.20. The Morgan fingerprint density at radius 3 is 2.65 bits per heavy atom. The van der Waals surface area contributed by atoms with E-state index in [0.29, 0.717) is 5.69 Å². The quantitative estimate of drug-likeness (QED) is 0.786. The van der Waals surface area contributed by atoms with Gasteiger partial charge in [0.15, 0.2) is 11.5 Å². The first-order valence-corrected chi connectivity index (χ1v) is 4.82. The highest BCUT2D eigenvalue weighted by atomic mass is 19.1. The average molecular weight is 235 g/mol. The largest absolute Gasteiger partial charge is 0.382 e. The van der Waals surface area contributed by atoms with E-state index in [9.17, 15) is 9.18 Å². The number of halogens is 1. The van der Waals surface area contributed by atoms with Gasteiger partial charge in [-0.2, -0.15) is 4.68 Å². The number of nitrogens with zero attached hydrogens (tertiary/aromatic N) is 3. The van der Waals surface area contributed by atoms with Crippen LogP contribution in [0.4, 0.5) is 10.2 Å². The van der Waals surface area contributed by atoms with Crippen LogP contribution in [-0.2, 0) is 0 Å². The van der Waals surface area contributed by atoms with Gasteiger partial charge in [-0.25, -0.2) is 4.39 Å². The Morgan fingerprint density at radius 1 is 1.41 bits per heavy atom. The van der Waals surface area contributed by atoms with Gasteiger partial charge in [-0.05, 0) is 24.3 Å². The normalized spacial score (nSPS) is 10.2. The Morgan fingerprint density at radius 2 is 2.06 bits per heavy atom. The predicted molar refractivity (Wildman–Crippen MR) is 59.1 cm³/mol. The van der Waals surface area contributed by atoms with Crippen LogP contribution in [0.3, 0.4) is 0 Å². The smallest absolute Gasteiger partial charge is 0.275 e. The van der Waals surface area contributed by atoms with Gasteiger partial charge >= 0.3 is 0 Å². The van der Waals surface area contributed by atoms with Crippen molar-refractivity contribution in [3.05, 3.63) is 35.8 Å². The minimum absolute atomic E-state index is 0.0387. The third kappa shape index (κ3) is 1.94. The molecule has 0 unspecified atom stereocenters. The molecule has 0 spiro atoms. The van der Waals surface area contributed by atoms with Crippen molar-refractivity contribution in [2.45, 2.75) is 0 Å². The zero-order valence-corrected chi connectivity index (χ0v) is 9.01. The SMILES string of the molecule is CNC(=O)c1nnn(-c2ccc(F)cc2)c1N. The number of nitrogen functional groups attached to an aromatic ring is 1. The minimum atomic E-state index is -0.420. The first-order valence-electron chi connectivity index (χ1n) is 4.82. The minimum Gasteiger partial charge on any atom is -0.382 e. The van der Waals surface area contributed by atoms with Gasteiger partial charge in [-0.3, -0.25) is 4.79 Å². The van der Waals surface area contributed by atoms with Crippen molar-refractivity contribution in [3.63, 3.8) is 0 Å². The predicted octanol–water partition coefficient (Wildman–Crippen LogP) is 0.348. The van der Waals surface area contributed by atoms with Crippen molar-refractivity contribution in [2.24, 2.45) is 0 Å². The molecule has 0 aliphatic heterocycles. The molecular formula is C10H10FN5O. The maximum Gasteiger partial charge on any atom is 0.275 e. The van der Waals surface area contributed by atoms with Gasteiger partial charge in [0, 0.05) is 7.05 Å². The Hall–Kier alpha value is -2.44. The summed E-state index contributed by atoms with van der Waals surface area (Å²) in [6.07, 6.45) is 0. The third-order valence-electron chi connectivity index (χ3n) is 2.22. The molecule has 0 bridgehead atoms. The molecule has 3 N–H and O–H groups in total. The second-order valence-corrected chi connectivity index (χ2v) is 3.29. The average Bonchev–Trinajstić information content (AvgIpc) is 2.71. The molecule has 88 valence electrons. The van der Waals surface area contributed by atoms with Crippen molar-refractivity contribution >= 4 is 11.7 Å². The molecule has 6 nitrogen and oxygen atoms in total. The molecule has 0 atom stereocenters. The number of hydrogen-bond acceptors (Lipinski definition) is 4. The maximum atomic E-state index is 12.8. The number of carbonyl (C=O) groups excluding carboxylic acids is 1. The van der Waals surface area contributed by atoms with Crippen molar-refractivity contribution in [2.75, 3.05) is 12.8 Å². The third-order valence-corrected chi connectivity index (χ3v) is 2.22. The Balaban J connectivity index is 2.44. The van der Waals surface area contributed by atoms with E-state index in [0.717, 1.165) is 0 Å². The highest BCUT2D eigenvalue weighted by Gasteiger charge is 2.16. The number of nitrogens with one attached hydrogen (secondary N) is 1. The lowest BCUT2D eigenvalue weighted by Crippen LogP contribution is -2.19. The van der Waals surface area contributed by atoms with E-state index in [4.69, 9.17) is 5.73 Å². The number of carbonyl (C=O) groups is 1. The molecule has 0 aliphatic rings. The number of anilines is 1. The van der Waals surface area contributed by atoms with Crippen molar-refractivity contribution in [3.8, 4) is 5.69 Å². The summed E-state index contributed by atoms with van der Waals surface area (Å²) < 4.78 is 14.0. The van der Waals surface area contributed by atoms with E-state index in [2.05, 4.69) is 15.6 Å². The van der Waals surface area contributed by atoms with Gasteiger partial charge in [-0.15, -0.1) is 5.10 Å². The van der Waals surface area contributed by atoms with E-state index in [-0.39, 0.29) is 17.3 Å². The van der Waals surface area contributed by atoms with Crippen LogP contribution in [0.2, 0.25) is 0 Å². The van der Waals surface area contributed by atoms with E-state index in [1.165, 1.54) is 36.0 Å². The van der Waals surface area contributed by atoms with Gasteiger partial charge < -0.3 is 11.1 Å². The standard InChI is InChI=1S/C10H10FN5O/c1-13-10(17)8-9(12)16(15-14-8)7-4-2-6(11)3-5-7/h2-5H,12H2,1H3,(H,13,17). The number of amides is 1. The van der Waals surface area contributed by atoms with Crippen LogP contribution in [0.25, 0.3) is 5.69 Å². The molecule has 17 heavy (non-hydrogen) atoms. The Labute approximate surface area is 96.2 Å². The highest BCUT2D eigenvalue weighted by molar-refractivity contribution is 5.96. The lowest BCUT2D eigenvalue weighted by atomic mass is 10.3. The van der Waals surface area contributed by atoms with Crippen LogP contribution in [0.1, 0.15) is 10.5 Å². The molecule has 0 saturated carbocycles. The van der Waals surface area contributed by atoms with Crippen LogP contribution in [0.5, 0.6) is 0 Å². The van der Waals surface area contributed by atoms with Crippen molar-refractivity contribution in [1.29, 1.82) is 0 Å². The molecule has 0 aliphatic carbocycles. The zero-order valence-electron chi connectivity index (χ0n) is 9.01. The van der Waals surface area contributed by atoms with Gasteiger partial charge in [0.2, 0.25) is 0 Å². The lowest BCUT2D eigenvalue weighted by Gasteiger charge is -2.02. The van der Waals surface area contributed by atoms with Gasteiger partial charge in [0.25, 0.3) is 5.91 Å². The van der Waals surface area contributed by atoms with E-state index < -0.39 is 5.91 Å². The highest BCUT2D eigenvalue weighted by Crippen LogP contribution is 2.15. The molecule has 2 rings (SSSR count). The van der Waals surface area contributed by atoms with Gasteiger partial charge in [-0.1, -0.05) is 5.21 Å². The number of aromatic nitrogens is 3. The number of hydrogen-bond donors (Lipinski definition) is 2. The van der Waals surface area contributed by atoms with E-state index in [1.54, 1.807) is 0 Å². The fraction of sp³-hybridized carbons (Fsp3) is 0.100. The molecular weight excluding hydrogens is 225 g/mol. The molecule has 1 amide bonds. The van der Waals surface area contributed by atoms with E-state index >= 15 is 0 Å². The van der Waals surface area contributed by atoms with Crippen LogP contribution < -0.4 is 11.1 Å². The summed E-state index contributed by atoms with van der Waals surface area (Å²) in [6, 6.07) is 5.54. The molecule has 7 heteroatoms. The molecule has 1 aromatic carbocycles. The first-order chi connectivity index (χ1) is 8.13. The monoisotopic (exact) mass is 235 g/mol. The van der Waals surface area contributed by atoms with E-state index in [1.807, 2.05) is 0 Å². The summed E-state index contributed by atoms with van der Waals surface area (Å²) >= 11 is 0. The fourth-order valence-corrected chi connectivity index (χ4v) is 1.34. The summed E-state index contributed by atoms with van der Waals surface area (Å²) in [5.41, 5.74) is 6.31. The number of nitrogens with two attached hydrogens (primary N) is 1. The zero-order chi connectivity index (χ0) is 12.4. The number of rotatable bonds is 2. The first kappa shape index (κ1) is 11.1. The van der Waals surface area contributed by atoms with Crippen molar-refractivity contribution in [1.82, 2.24) is 20.3 Å². The van der Waals surface area contributed by atoms with Crippen LogP contribution in [-0.4, -0.2) is 27.9 Å². The molecule has 0 radical (unpaired) electrons. The fourth-order valence-electron chi connectivity index (χ4n) is 1.34. The maximum absolute atomic E-state index is 12.8. The summed E-state index contributed by atoms with van der Waals surface area (Å²) in [5.74, 6) is -0.675. The molecule has 1 heterocycles. The van der Waals surface area contributed by atoms with Crippen molar-refractivity contribution < 1.29 is 9.18 Å². The lowest BCUT2D eigenvalue weighted by molar-refractivity contribution is 0.0959. The molecule has 0 saturated heterocycles. The Bertz CT molecular complexity index is 548.